The topological polar surface area (TPSA) is 96.0 Å². The third-order valence-corrected chi connectivity index (χ3v) is 9.50. The Hall–Kier alpha value is -1.63. The summed E-state index contributed by atoms with van der Waals surface area (Å²) < 4.78 is 16.4. The number of ether oxygens (including phenoxy) is 3. The molecule has 0 aliphatic carbocycles. The Balaban J connectivity index is 4.33. The summed E-state index contributed by atoms with van der Waals surface area (Å²) in [7, 11) is 0. The molecule has 0 N–H and O–H groups in total. The number of hydrogen-bond donors (Lipinski definition) is 0. The largest absolute Gasteiger partial charge is 0.462 e. The van der Waals surface area contributed by atoms with E-state index in [9.17, 15) is 19.2 Å². The van der Waals surface area contributed by atoms with Crippen LogP contribution in [0.25, 0.3) is 0 Å². The molecule has 0 aromatic heterocycles. The van der Waals surface area contributed by atoms with E-state index in [1.807, 2.05) is 0 Å². The molecule has 0 amide bonds. The lowest BCUT2D eigenvalue weighted by atomic mass is 9.86. The van der Waals surface area contributed by atoms with Crippen molar-refractivity contribution in [1.29, 1.82) is 0 Å². The molecular weight excluding hydrogens is 652 g/mol. The maximum atomic E-state index is 12.7. The second-order valence-electron chi connectivity index (χ2n) is 15.3. The third-order valence-electron chi connectivity index (χ3n) is 9.37. The standard InChI is InChI=1S/C42H77ClO7/c1-5-7-9-11-13-15-17-19-21-23-25-27-29-31-39(45)48-35-37(50-41(47)34-42(3,4)33-38(43)44)36-49-40(46)32-30-28-26-24-22-20-18-16-14-12-10-8-6-2/h37H,5-36H2,1-4H3. The van der Waals surface area contributed by atoms with Crippen LogP contribution >= 0.6 is 11.6 Å². The molecule has 0 aromatic carbocycles. The molecule has 0 heterocycles. The molecule has 50 heavy (non-hydrogen) atoms. The van der Waals surface area contributed by atoms with Crippen LogP contribution in [0, 0.1) is 5.41 Å². The SMILES string of the molecule is CCCCCCCCCCCCCCCC(=O)OCC(COC(=O)CCCCCCCCCCCCCCC)OC(=O)CC(C)(C)CC(=O)Cl. The molecule has 0 unspecified atom stereocenters. The second kappa shape index (κ2) is 34.5. The van der Waals surface area contributed by atoms with Crippen LogP contribution in [0.2, 0.25) is 0 Å². The van der Waals surface area contributed by atoms with Gasteiger partial charge in [0.15, 0.2) is 6.10 Å². The van der Waals surface area contributed by atoms with Crippen molar-refractivity contribution in [3.05, 3.63) is 0 Å². The number of unbranched alkanes of at least 4 members (excludes halogenated alkanes) is 24. The van der Waals surface area contributed by atoms with Crippen molar-refractivity contribution >= 4 is 34.8 Å². The predicted molar refractivity (Wildman–Crippen MR) is 206 cm³/mol. The van der Waals surface area contributed by atoms with Gasteiger partial charge >= 0.3 is 17.9 Å². The van der Waals surface area contributed by atoms with Gasteiger partial charge in [0.2, 0.25) is 5.24 Å². The van der Waals surface area contributed by atoms with E-state index in [1.165, 1.54) is 128 Å². The minimum atomic E-state index is -0.906. The van der Waals surface area contributed by atoms with Crippen molar-refractivity contribution in [2.24, 2.45) is 5.41 Å². The number of carbonyl (C=O) groups excluding carboxylic acids is 4. The Morgan fingerprint density at radius 2 is 0.760 bits per heavy atom. The van der Waals surface area contributed by atoms with E-state index in [-0.39, 0.29) is 38.0 Å². The summed E-state index contributed by atoms with van der Waals surface area (Å²) >= 11 is 5.54. The maximum absolute atomic E-state index is 12.7. The highest BCUT2D eigenvalue weighted by atomic mass is 35.5. The molecule has 0 bridgehead atoms. The van der Waals surface area contributed by atoms with Gasteiger partial charge < -0.3 is 14.2 Å². The van der Waals surface area contributed by atoms with Gasteiger partial charge in [-0.3, -0.25) is 19.2 Å². The van der Waals surface area contributed by atoms with E-state index in [0.29, 0.717) is 12.8 Å². The van der Waals surface area contributed by atoms with Gasteiger partial charge in [0, 0.05) is 19.3 Å². The lowest BCUT2D eigenvalue weighted by Gasteiger charge is -2.24. The lowest BCUT2D eigenvalue weighted by Crippen LogP contribution is -2.32. The molecule has 0 atom stereocenters. The summed E-state index contributed by atoms with van der Waals surface area (Å²) in [5, 5.41) is -0.524. The smallest absolute Gasteiger partial charge is 0.306 e. The summed E-state index contributed by atoms with van der Waals surface area (Å²) in [6, 6.07) is 0. The van der Waals surface area contributed by atoms with Gasteiger partial charge in [0.1, 0.15) is 13.2 Å². The Kier molecular flexibility index (Phi) is 33.3. The number of esters is 3. The Bertz CT molecular complexity index is 798. The van der Waals surface area contributed by atoms with E-state index in [0.717, 1.165) is 38.5 Å². The van der Waals surface area contributed by atoms with Gasteiger partial charge in [-0.2, -0.15) is 0 Å². The average molecular weight is 730 g/mol. The minimum Gasteiger partial charge on any atom is -0.462 e. The molecular formula is C42H77ClO7. The van der Waals surface area contributed by atoms with Crippen molar-refractivity contribution in [2.75, 3.05) is 13.2 Å². The second-order valence-corrected chi connectivity index (χ2v) is 15.8. The highest BCUT2D eigenvalue weighted by molar-refractivity contribution is 6.63. The molecule has 0 rings (SSSR count). The monoisotopic (exact) mass is 729 g/mol. The average Bonchev–Trinajstić information content (AvgIpc) is 3.05. The van der Waals surface area contributed by atoms with Gasteiger partial charge in [-0.1, -0.05) is 182 Å². The molecule has 0 saturated heterocycles. The van der Waals surface area contributed by atoms with Crippen LogP contribution in [-0.2, 0) is 33.4 Å². The van der Waals surface area contributed by atoms with Crippen LogP contribution in [0.1, 0.15) is 220 Å². The first-order chi connectivity index (χ1) is 24.1. The van der Waals surface area contributed by atoms with Crippen molar-refractivity contribution in [2.45, 2.75) is 226 Å². The summed E-state index contributed by atoms with van der Waals surface area (Å²) in [5.41, 5.74) is -0.684. The van der Waals surface area contributed by atoms with Crippen LogP contribution in [0.4, 0.5) is 0 Å². The fourth-order valence-electron chi connectivity index (χ4n) is 6.26. The summed E-state index contributed by atoms with van der Waals surface area (Å²) in [5.74, 6) is -1.25. The van der Waals surface area contributed by atoms with E-state index in [2.05, 4.69) is 13.8 Å². The van der Waals surface area contributed by atoms with E-state index in [1.54, 1.807) is 13.8 Å². The van der Waals surface area contributed by atoms with Crippen molar-refractivity contribution < 1.29 is 33.4 Å². The van der Waals surface area contributed by atoms with Gasteiger partial charge in [0.25, 0.3) is 0 Å². The zero-order valence-corrected chi connectivity index (χ0v) is 33.7. The quantitative estimate of drug-likeness (QED) is 0.0272. The molecule has 0 fully saturated rings. The first-order valence-corrected chi connectivity index (χ1v) is 21.2. The first kappa shape index (κ1) is 48.4. The van der Waals surface area contributed by atoms with E-state index < -0.39 is 22.7 Å². The van der Waals surface area contributed by atoms with Gasteiger partial charge in [-0.15, -0.1) is 0 Å². The molecule has 0 aromatic rings. The highest BCUT2D eigenvalue weighted by Gasteiger charge is 2.28. The fourth-order valence-corrected chi connectivity index (χ4v) is 6.63. The van der Waals surface area contributed by atoms with Crippen LogP contribution in [0.15, 0.2) is 0 Å². The highest BCUT2D eigenvalue weighted by Crippen LogP contribution is 2.27. The summed E-state index contributed by atoms with van der Waals surface area (Å²) in [4.78, 5) is 49.0. The van der Waals surface area contributed by atoms with Crippen LogP contribution < -0.4 is 0 Å². The fraction of sp³-hybridized carbons (Fsp3) is 0.905. The molecule has 0 saturated carbocycles. The van der Waals surface area contributed by atoms with E-state index in [4.69, 9.17) is 25.8 Å². The lowest BCUT2D eigenvalue weighted by molar-refractivity contribution is -0.168. The van der Waals surface area contributed by atoms with Gasteiger partial charge in [-0.05, 0) is 29.9 Å². The Labute approximate surface area is 312 Å². The van der Waals surface area contributed by atoms with Crippen molar-refractivity contribution in [3.8, 4) is 0 Å². The Morgan fingerprint density at radius 3 is 1.06 bits per heavy atom. The maximum Gasteiger partial charge on any atom is 0.306 e. The molecule has 0 aliphatic heterocycles. The van der Waals surface area contributed by atoms with E-state index >= 15 is 0 Å². The summed E-state index contributed by atoms with van der Waals surface area (Å²) in [6.45, 7) is 7.66. The summed E-state index contributed by atoms with van der Waals surface area (Å²) in [6.07, 6.45) is 31.7. The first-order valence-electron chi connectivity index (χ1n) is 20.8. The van der Waals surface area contributed by atoms with Gasteiger partial charge in [0.05, 0.1) is 6.42 Å². The number of hydrogen-bond acceptors (Lipinski definition) is 7. The molecule has 7 nitrogen and oxygen atoms in total. The molecule has 0 aliphatic rings. The third kappa shape index (κ3) is 34.8. The van der Waals surface area contributed by atoms with Crippen LogP contribution in [-0.4, -0.2) is 42.5 Å². The molecule has 0 spiro atoms. The number of halogens is 1. The normalized spacial score (nSPS) is 11.6. The zero-order valence-electron chi connectivity index (χ0n) is 32.9. The number of rotatable bonds is 37. The molecule has 294 valence electrons. The Morgan fingerprint density at radius 1 is 0.460 bits per heavy atom. The van der Waals surface area contributed by atoms with Crippen LogP contribution in [0.3, 0.4) is 0 Å². The number of carbonyl (C=O) groups is 4. The molecule has 0 radical (unpaired) electrons. The predicted octanol–water partition coefficient (Wildman–Crippen LogP) is 12.5. The molecule has 8 heteroatoms. The zero-order chi connectivity index (χ0) is 37.1. The van der Waals surface area contributed by atoms with Crippen molar-refractivity contribution in [3.63, 3.8) is 0 Å². The van der Waals surface area contributed by atoms with Gasteiger partial charge in [-0.25, -0.2) is 0 Å². The minimum absolute atomic E-state index is 0.0243. The van der Waals surface area contributed by atoms with Crippen molar-refractivity contribution in [1.82, 2.24) is 0 Å². The van der Waals surface area contributed by atoms with Crippen LogP contribution in [0.5, 0.6) is 0 Å².